The van der Waals surface area contributed by atoms with Crippen LogP contribution in [0.5, 0.6) is 40.2 Å². The maximum absolute atomic E-state index is 14.8. The summed E-state index contributed by atoms with van der Waals surface area (Å²) in [5.41, 5.74) is 2.64. The van der Waals surface area contributed by atoms with Gasteiger partial charge in [-0.2, -0.15) is 5.26 Å². The van der Waals surface area contributed by atoms with Crippen LogP contribution < -0.4 is 29.0 Å². The molecule has 0 unspecified atom stereocenters. The first-order valence-electron chi connectivity index (χ1n) is 18.1. The van der Waals surface area contributed by atoms with E-state index in [0.717, 1.165) is 16.7 Å². The lowest BCUT2D eigenvalue weighted by atomic mass is 9.71. The fourth-order valence-electron chi connectivity index (χ4n) is 9.57. The molecule has 6 aliphatic heterocycles. The molecule has 290 valence electrons. The number of esters is 2. The number of nitrogens with zero attached hydrogens (tertiary/aromatic N) is 3. The van der Waals surface area contributed by atoms with Crippen molar-refractivity contribution in [1.82, 2.24) is 15.1 Å². The van der Waals surface area contributed by atoms with E-state index in [2.05, 4.69) is 16.3 Å². The Morgan fingerprint density at radius 1 is 1.07 bits per heavy atom. The van der Waals surface area contributed by atoms with Crippen LogP contribution in [0.15, 0.2) is 18.2 Å². The van der Waals surface area contributed by atoms with E-state index in [9.17, 15) is 25.1 Å². The third-order valence-electron chi connectivity index (χ3n) is 11.6. The molecule has 14 nitrogen and oxygen atoms in total. The first-order valence-corrected chi connectivity index (χ1v) is 19.2. The van der Waals surface area contributed by atoms with E-state index in [-0.39, 0.29) is 42.8 Å². The van der Waals surface area contributed by atoms with E-state index in [1.54, 1.807) is 12.1 Å². The van der Waals surface area contributed by atoms with Crippen molar-refractivity contribution < 1.29 is 48.2 Å². The highest BCUT2D eigenvalue weighted by Crippen LogP contribution is 2.67. The number of ether oxygens (including phenoxy) is 6. The number of aromatic hydroxyl groups is 2. The molecule has 15 heteroatoms. The van der Waals surface area contributed by atoms with Crippen LogP contribution in [0.3, 0.4) is 0 Å². The number of phenolic OH excluding ortho intramolecular Hbond substituents is 2. The van der Waals surface area contributed by atoms with Crippen molar-refractivity contribution in [2.45, 2.75) is 62.0 Å². The number of likely N-dealkylation sites (N-methyl/N-ethyl adjacent to an activating group) is 1. The van der Waals surface area contributed by atoms with Crippen LogP contribution in [0.1, 0.15) is 68.8 Å². The largest absolute Gasteiger partial charge is 0.504 e. The van der Waals surface area contributed by atoms with Crippen molar-refractivity contribution in [1.29, 1.82) is 5.26 Å². The molecule has 3 N–H and O–H groups in total. The molecule has 55 heavy (non-hydrogen) atoms. The average molecular weight is 773 g/mol. The molecule has 9 rings (SSSR count). The van der Waals surface area contributed by atoms with E-state index < -0.39 is 40.4 Å². The van der Waals surface area contributed by atoms with Crippen LogP contribution in [-0.2, 0) is 32.7 Å². The number of hydrogen-bond acceptors (Lipinski definition) is 15. The summed E-state index contributed by atoms with van der Waals surface area (Å²) < 4.78 is 36.1. The van der Waals surface area contributed by atoms with E-state index in [4.69, 9.17) is 28.4 Å². The summed E-state index contributed by atoms with van der Waals surface area (Å²) >= 11 is 1.42. The summed E-state index contributed by atoms with van der Waals surface area (Å²) in [6, 6.07) is 6.40. The fourth-order valence-corrected chi connectivity index (χ4v) is 11.2. The van der Waals surface area contributed by atoms with Gasteiger partial charge in [-0.1, -0.05) is 6.07 Å². The van der Waals surface area contributed by atoms with Gasteiger partial charge in [0.15, 0.2) is 40.0 Å². The minimum atomic E-state index is -1.39. The van der Waals surface area contributed by atoms with Crippen molar-refractivity contribution in [2.24, 2.45) is 0 Å². The molecule has 0 aromatic heterocycles. The van der Waals surface area contributed by atoms with Crippen LogP contribution in [0.25, 0.3) is 0 Å². The number of methoxy groups -OCH3 is 2. The lowest BCUT2D eigenvalue weighted by Gasteiger charge is -2.58. The van der Waals surface area contributed by atoms with Gasteiger partial charge in [0.25, 0.3) is 0 Å². The predicted octanol–water partition coefficient (Wildman–Crippen LogP) is 4.24. The van der Waals surface area contributed by atoms with Crippen molar-refractivity contribution in [3.8, 4) is 46.3 Å². The number of thioether (sulfide) groups is 1. The minimum absolute atomic E-state index is 0.0346. The zero-order chi connectivity index (χ0) is 39.1. The highest BCUT2D eigenvalue weighted by molar-refractivity contribution is 7.99. The topological polar surface area (TPSA) is 172 Å². The van der Waals surface area contributed by atoms with E-state index in [1.165, 1.54) is 32.9 Å². The molecule has 0 saturated carbocycles. The zero-order valence-corrected chi connectivity index (χ0v) is 32.6. The molecule has 5 atom stereocenters. The number of carbonyl (C=O) groups is 2. The van der Waals surface area contributed by atoms with Crippen LogP contribution in [0.4, 0.5) is 0 Å². The lowest BCUT2D eigenvalue weighted by Crippen LogP contribution is -2.63. The number of hydrogen-bond donors (Lipinski definition) is 3. The standard InChI is InChI=1S/C40H44N4O10S/c1-19-10-23-13-39(15-41,16-43(4)5)44-25-14-51-38(48)40(24-12-27(49-6)26(46)11-22(24)8-9-42-40)17-55-37(31(44)28(23)32(47)33(19)50-7)30-29(25)36-35(52-18-53-36)20(2)34(30)54-21(3)45/h10-12,25,31,37,42,46-47H,8-9,13-14,16-18H2,1-7H3/t25-,31+,37+,39+,40-/m0/s1. The molecule has 1 fully saturated rings. The lowest BCUT2D eigenvalue weighted by molar-refractivity contribution is -0.156. The summed E-state index contributed by atoms with van der Waals surface area (Å²) in [6.45, 7) is 5.41. The van der Waals surface area contributed by atoms with Gasteiger partial charge in [-0.3, -0.25) is 15.0 Å². The third-order valence-corrected chi connectivity index (χ3v) is 13.0. The van der Waals surface area contributed by atoms with Gasteiger partial charge in [0.2, 0.25) is 6.79 Å². The second kappa shape index (κ2) is 13.4. The first kappa shape index (κ1) is 37.1. The Labute approximate surface area is 323 Å². The van der Waals surface area contributed by atoms with Gasteiger partial charge in [0.1, 0.15) is 17.9 Å². The quantitative estimate of drug-likeness (QED) is 0.248. The van der Waals surface area contributed by atoms with Crippen LogP contribution >= 0.6 is 11.8 Å². The Morgan fingerprint density at radius 2 is 1.84 bits per heavy atom. The Kier molecular flexibility index (Phi) is 9.03. The fraction of sp³-hybridized carbons (Fsp3) is 0.475. The molecule has 1 spiro atoms. The molecule has 2 bridgehead atoms. The molecule has 6 heterocycles. The number of fused-ring (bicyclic) bond motifs is 6. The van der Waals surface area contributed by atoms with Crippen molar-refractivity contribution >= 4 is 23.7 Å². The van der Waals surface area contributed by atoms with Gasteiger partial charge in [-0.05, 0) is 68.8 Å². The number of carbonyl (C=O) groups excluding carboxylic acids is 2. The predicted molar refractivity (Wildman–Crippen MR) is 200 cm³/mol. The van der Waals surface area contributed by atoms with Gasteiger partial charge in [-0.25, -0.2) is 4.79 Å². The Morgan fingerprint density at radius 3 is 2.53 bits per heavy atom. The van der Waals surface area contributed by atoms with Crippen LogP contribution in [0, 0.1) is 25.2 Å². The average Bonchev–Trinajstić information content (AvgIpc) is 3.64. The number of aryl methyl sites for hydroxylation is 1. The maximum atomic E-state index is 14.8. The highest BCUT2D eigenvalue weighted by atomic mass is 32.2. The van der Waals surface area contributed by atoms with Gasteiger partial charge in [0, 0.05) is 54.4 Å². The van der Waals surface area contributed by atoms with Gasteiger partial charge in [-0.15, -0.1) is 11.8 Å². The number of phenols is 2. The Balaban J connectivity index is 1.47. The maximum Gasteiger partial charge on any atom is 0.331 e. The van der Waals surface area contributed by atoms with Crippen molar-refractivity contribution in [2.75, 3.05) is 60.6 Å². The first-order chi connectivity index (χ1) is 26.3. The molecule has 3 aromatic rings. The summed E-state index contributed by atoms with van der Waals surface area (Å²) in [6.07, 6.45) is 0.792. The molecule has 1 saturated heterocycles. The minimum Gasteiger partial charge on any atom is -0.504 e. The van der Waals surface area contributed by atoms with E-state index in [0.29, 0.717) is 70.3 Å². The van der Waals surface area contributed by atoms with Gasteiger partial charge >= 0.3 is 11.9 Å². The molecule has 0 amide bonds. The molecular formula is C40H44N4O10S. The Hall–Kier alpha value is -4.88. The molecule has 6 aliphatic rings. The number of rotatable bonds is 5. The second-order valence-electron chi connectivity index (χ2n) is 15.1. The number of benzene rings is 3. The SMILES string of the molecule is COc1cc2c(cc1O)CCN[C@@]21CS[C@@H]2c3c(OC(C)=O)c(C)c4c(c3[C@H](COC1=O)N1[C@@H]2c2c(cc(C)c(OC)c2O)C[C@@]1(C#N)CN(C)C)OCO4. The molecule has 3 aromatic carbocycles. The smallest absolute Gasteiger partial charge is 0.331 e. The normalized spacial score (nSPS) is 26.3. The summed E-state index contributed by atoms with van der Waals surface area (Å²) in [7, 11) is 6.77. The summed E-state index contributed by atoms with van der Waals surface area (Å²) in [4.78, 5) is 31.8. The van der Waals surface area contributed by atoms with Crippen LogP contribution in [0.2, 0.25) is 0 Å². The number of nitrogens with one attached hydrogen (secondary N) is 1. The molecule has 0 radical (unpaired) electrons. The highest BCUT2D eigenvalue weighted by Gasteiger charge is 2.60. The second-order valence-corrected chi connectivity index (χ2v) is 16.2. The molecule has 0 aliphatic carbocycles. The van der Waals surface area contributed by atoms with Crippen LogP contribution in [-0.4, -0.2) is 98.0 Å². The Bertz CT molecular complexity index is 2190. The summed E-state index contributed by atoms with van der Waals surface area (Å²) in [5, 5.41) is 37.2. The van der Waals surface area contributed by atoms with Crippen molar-refractivity contribution in [3.05, 3.63) is 62.7 Å². The number of nitriles is 1. The van der Waals surface area contributed by atoms with Crippen molar-refractivity contribution in [3.63, 3.8) is 0 Å². The van der Waals surface area contributed by atoms with Gasteiger partial charge in [0.05, 0.1) is 37.6 Å². The monoisotopic (exact) mass is 772 g/mol. The third kappa shape index (κ3) is 5.40. The van der Waals surface area contributed by atoms with E-state index >= 15 is 0 Å². The summed E-state index contributed by atoms with van der Waals surface area (Å²) in [5.74, 6) is 0.599. The molecular weight excluding hydrogens is 729 g/mol. The zero-order valence-electron chi connectivity index (χ0n) is 31.8. The van der Waals surface area contributed by atoms with Gasteiger partial charge < -0.3 is 43.5 Å². The van der Waals surface area contributed by atoms with E-state index in [1.807, 2.05) is 38.9 Å².